The van der Waals surface area contributed by atoms with Crippen molar-refractivity contribution in [1.82, 2.24) is 19.6 Å². The largest absolute Gasteiger partial charge is 0.294 e. The van der Waals surface area contributed by atoms with Crippen molar-refractivity contribution < 1.29 is 9.18 Å². The van der Waals surface area contributed by atoms with Crippen molar-refractivity contribution in [3.63, 3.8) is 0 Å². The van der Waals surface area contributed by atoms with Gasteiger partial charge < -0.3 is 0 Å². The summed E-state index contributed by atoms with van der Waals surface area (Å²) in [7, 11) is 0. The van der Waals surface area contributed by atoms with Gasteiger partial charge in [0.15, 0.2) is 11.6 Å². The highest BCUT2D eigenvalue weighted by Gasteiger charge is 2.28. The third-order valence-corrected chi connectivity index (χ3v) is 4.28. The molecule has 1 aromatic carbocycles. The maximum atomic E-state index is 13.1. The van der Waals surface area contributed by atoms with Crippen molar-refractivity contribution in [2.75, 3.05) is 0 Å². The second kappa shape index (κ2) is 5.22. The molecule has 0 fully saturated rings. The second-order valence-corrected chi connectivity index (χ2v) is 5.81. The lowest BCUT2D eigenvalue weighted by Crippen LogP contribution is -2.21. The predicted octanol–water partition coefficient (Wildman–Crippen LogP) is 2.74. The minimum Gasteiger partial charge on any atom is -0.294 e. The summed E-state index contributed by atoms with van der Waals surface area (Å²) in [6, 6.07) is 6.34. The van der Waals surface area contributed by atoms with Crippen LogP contribution in [-0.2, 0) is 12.8 Å². The van der Waals surface area contributed by atoms with Crippen LogP contribution >= 0.6 is 0 Å². The maximum Gasteiger partial charge on any atom is 0.252 e. The molecule has 0 radical (unpaired) electrons. The molecule has 3 aromatic rings. The smallest absolute Gasteiger partial charge is 0.252 e. The highest BCUT2D eigenvalue weighted by atomic mass is 19.1. The molecule has 0 saturated carbocycles. The summed E-state index contributed by atoms with van der Waals surface area (Å²) in [6.07, 6.45) is 3.51. The van der Waals surface area contributed by atoms with Gasteiger partial charge in [-0.05, 0) is 30.0 Å². The molecule has 0 spiro atoms. The Kier molecular flexibility index (Phi) is 3.18. The van der Waals surface area contributed by atoms with Crippen LogP contribution in [0.4, 0.5) is 4.39 Å². The molecular weight excluding hydrogens is 295 g/mol. The van der Waals surface area contributed by atoms with Gasteiger partial charge in [0.05, 0.1) is 11.3 Å². The van der Waals surface area contributed by atoms with E-state index in [1.807, 2.05) is 6.92 Å². The number of hydrogen-bond acceptors (Lipinski definition) is 4. The molecule has 4 rings (SSSR count). The van der Waals surface area contributed by atoms with Crippen molar-refractivity contribution in [1.29, 1.82) is 0 Å². The molecule has 5 nitrogen and oxygen atoms in total. The molecule has 1 unspecified atom stereocenters. The lowest BCUT2D eigenvalue weighted by molar-refractivity contribution is 0.0962. The van der Waals surface area contributed by atoms with Crippen LogP contribution in [0.5, 0.6) is 0 Å². The second-order valence-electron chi connectivity index (χ2n) is 5.81. The summed E-state index contributed by atoms with van der Waals surface area (Å²) in [5.41, 5.74) is 2.32. The number of fused-ring (bicyclic) bond motifs is 2. The van der Waals surface area contributed by atoms with Crippen LogP contribution in [0, 0.1) is 5.82 Å². The van der Waals surface area contributed by atoms with Gasteiger partial charge in [-0.2, -0.15) is 4.98 Å². The van der Waals surface area contributed by atoms with Gasteiger partial charge in [0, 0.05) is 19.0 Å². The number of rotatable bonds is 2. The van der Waals surface area contributed by atoms with Gasteiger partial charge in [0.2, 0.25) is 0 Å². The molecule has 0 amide bonds. The number of benzene rings is 1. The van der Waals surface area contributed by atoms with E-state index in [1.165, 1.54) is 12.1 Å². The number of aryl methyl sites for hydroxylation is 1. The number of carbonyl (C=O) groups is 1. The fourth-order valence-corrected chi connectivity index (χ4v) is 3.05. The van der Waals surface area contributed by atoms with E-state index in [9.17, 15) is 9.18 Å². The number of carbonyl (C=O) groups excluding carboxylic acids is 1. The van der Waals surface area contributed by atoms with E-state index < -0.39 is 0 Å². The van der Waals surface area contributed by atoms with Crippen LogP contribution in [0.3, 0.4) is 0 Å². The average Bonchev–Trinajstić information content (AvgIpc) is 2.96. The van der Waals surface area contributed by atoms with Crippen LogP contribution in [0.2, 0.25) is 0 Å². The summed E-state index contributed by atoms with van der Waals surface area (Å²) in [6.45, 7) is 1.98. The van der Waals surface area contributed by atoms with Gasteiger partial charge >= 0.3 is 0 Å². The first-order valence-electron chi connectivity index (χ1n) is 7.68. The standard InChI is InChI=1S/C17H15FN4O/c1-2-16-20-17-19-14-7-11(10-3-5-12(18)6-4-10)8-15(23)13(14)9-22(17)21-16/h3-6,9,11H,2,7-8H2,1H3. The molecular formula is C17H15FN4O. The van der Waals surface area contributed by atoms with E-state index in [1.54, 1.807) is 22.8 Å². The molecule has 1 aliphatic carbocycles. The van der Waals surface area contributed by atoms with Crippen LogP contribution in [-0.4, -0.2) is 25.4 Å². The summed E-state index contributed by atoms with van der Waals surface area (Å²) < 4.78 is 14.7. The highest BCUT2D eigenvalue weighted by molar-refractivity contribution is 5.98. The molecule has 2 heterocycles. The van der Waals surface area contributed by atoms with E-state index in [0.29, 0.717) is 30.0 Å². The van der Waals surface area contributed by atoms with Crippen molar-refractivity contribution in [3.05, 3.63) is 58.9 Å². The normalized spacial score (nSPS) is 17.5. The molecule has 116 valence electrons. The van der Waals surface area contributed by atoms with Gasteiger partial charge in [-0.15, -0.1) is 5.10 Å². The van der Waals surface area contributed by atoms with Crippen molar-refractivity contribution >= 4 is 11.6 Å². The van der Waals surface area contributed by atoms with Gasteiger partial charge in [0.1, 0.15) is 5.82 Å². The fourth-order valence-electron chi connectivity index (χ4n) is 3.05. The Morgan fingerprint density at radius 3 is 2.74 bits per heavy atom. The maximum absolute atomic E-state index is 13.1. The minimum absolute atomic E-state index is 0.0270. The average molecular weight is 310 g/mol. The number of hydrogen-bond donors (Lipinski definition) is 0. The molecule has 0 bridgehead atoms. The lowest BCUT2D eigenvalue weighted by Gasteiger charge is -2.23. The van der Waals surface area contributed by atoms with E-state index in [0.717, 1.165) is 17.7 Å². The summed E-state index contributed by atoms with van der Waals surface area (Å²) in [5, 5.41) is 4.31. The molecule has 1 aliphatic rings. The van der Waals surface area contributed by atoms with Crippen LogP contribution in [0.25, 0.3) is 5.78 Å². The van der Waals surface area contributed by atoms with E-state index in [2.05, 4.69) is 15.1 Å². The third-order valence-electron chi connectivity index (χ3n) is 4.28. The first-order chi connectivity index (χ1) is 11.1. The monoisotopic (exact) mass is 310 g/mol. The summed E-state index contributed by atoms with van der Waals surface area (Å²) >= 11 is 0. The Morgan fingerprint density at radius 1 is 1.22 bits per heavy atom. The highest BCUT2D eigenvalue weighted by Crippen LogP contribution is 2.32. The predicted molar refractivity (Wildman–Crippen MR) is 82.0 cm³/mol. The SMILES string of the molecule is CCc1nc2nc3c(cn2n1)C(=O)CC(c1ccc(F)cc1)C3. The van der Waals surface area contributed by atoms with Gasteiger partial charge in [-0.3, -0.25) is 4.79 Å². The molecule has 6 heteroatoms. The van der Waals surface area contributed by atoms with E-state index >= 15 is 0 Å². The fraction of sp³-hybridized carbons (Fsp3) is 0.294. The molecule has 23 heavy (non-hydrogen) atoms. The lowest BCUT2D eigenvalue weighted by atomic mass is 9.82. The van der Waals surface area contributed by atoms with Gasteiger partial charge in [-0.25, -0.2) is 13.9 Å². The zero-order valence-corrected chi connectivity index (χ0v) is 12.7. The first kappa shape index (κ1) is 14.0. The van der Waals surface area contributed by atoms with Crippen molar-refractivity contribution in [2.24, 2.45) is 0 Å². The Bertz CT molecular complexity index is 901. The Morgan fingerprint density at radius 2 is 2.00 bits per heavy atom. The van der Waals surface area contributed by atoms with Crippen LogP contribution in [0.15, 0.2) is 30.5 Å². The summed E-state index contributed by atoms with van der Waals surface area (Å²) in [4.78, 5) is 21.4. The summed E-state index contributed by atoms with van der Waals surface area (Å²) in [5.74, 6) is 1.03. The van der Waals surface area contributed by atoms with Crippen molar-refractivity contribution in [3.8, 4) is 0 Å². The number of halogens is 1. The molecule has 1 atom stereocenters. The Labute approximate surface area is 132 Å². The number of aromatic nitrogens is 4. The Balaban J connectivity index is 1.75. The van der Waals surface area contributed by atoms with Gasteiger partial charge in [0.25, 0.3) is 5.78 Å². The molecule has 2 aromatic heterocycles. The zero-order valence-electron chi connectivity index (χ0n) is 12.7. The van der Waals surface area contributed by atoms with E-state index in [4.69, 9.17) is 0 Å². The quantitative estimate of drug-likeness (QED) is 0.730. The van der Waals surface area contributed by atoms with Gasteiger partial charge in [-0.1, -0.05) is 19.1 Å². The molecule has 0 saturated heterocycles. The van der Waals surface area contributed by atoms with E-state index in [-0.39, 0.29) is 17.5 Å². The topological polar surface area (TPSA) is 60.1 Å². The number of ketones is 1. The van der Waals surface area contributed by atoms with Crippen LogP contribution < -0.4 is 0 Å². The zero-order chi connectivity index (χ0) is 16.0. The van der Waals surface area contributed by atoms with Crippen molar-refractivity contribution in [2.45, 2.75) is 32.1 Å². The minimum atomic E-state index is -0.272. The number of nitrogens with zero attached hydrogens (tertiary/aromatic N) is 4. The molecule has 0 N–H and O–H groups in total. The Hall–Kier alpha value is -2.63. The first-order valence-corrected chi connectivity index (χ1v) is 7.68. The number of Topliss-reactive ketones (excluding diaryl/α,β-unsaturated/α-hetero) is 1. The molecule has 0 aliphatic heterocycles. The van der Waals surface area contributed by atoms with Crippen LogP contribution in [0.1, 0.15) is 46.7 Å². The third kappa shape index (κ3) is 2.40.